The highest BCUT2D eigenvalue weighted by molar-refractivity contribution is 6.30. The van der Waals surface area contributed by atoms with Gasteiger partial charge in [0.15, 0.2) is 0 Å². The summed E-state index contributed by atoms with van der Waals surface area (Å²) < 4.78 is 1.45. The zero-order valence-corrected chi connectivity index (χ0v) is 11.0. The van der Waals surface area contributed by atoms with Crippen LogP contribution in [0.25, 0.3) is 27.7 Å². The monoisotopic (exact) mass is 281 g/mol. The number of nitrogens with zero attached hydrogens (tertiary/aromatic N) is 5. The van der Waals surface area contributed by atoms with Crippen LogP contribution in [0.4, 0.5) is 0 Å². The molecule has 0 aliphatic heterocycles. The van der Waals surface area contributed by atoms with Crippen molar-refractivity contribution in [1.82, 2.24) is 25.3 Å². The molecule has 0 aliphatic rings. The molecule has 0 radical (unpaired) electrons. The maximum absolute atomic E-state index is 5.94. The van der Waals surface area contributed by atoms with E-state index < -0.39 is 0 Å². The SMILES string of the molecule is Clc1ccc(-c2nn3nnnc3c3ccccc23)cc1. The molecule has 2 aromatic carbocycles. The lowest BCUT2D eigenvalue weighted by Gasteiger charge is -2.06. The fourth-order valence-corrected chi connectivity index (χ4v) is 2.39. The summed E-state index contributed by atoms with van der Waals surface area (Å²) in [6.45, 7) is 0. The van der Waals surface area contributed by atoms with E-state index in [-0.39, 0.29) is 0 Å². The van der Waals surface area contributed by atoms with Crippen molar-refractivity contribution in [2.45, 2.75) is 0 Å². The van der Waals surface area contributed by atoms with E-state index in [1.165, 1.54) is 4.63 Å². The minimum atomic E-state index is 0.651. The summed E-state index contributed by atoms with van der Waals surface area (Å²) in [6.07, 6.45) is 0. The fraction of sp³-hybridized carbons (Fsp3) is 0. The summed E-state index contributed by atoms with van der Waals surface area (Å²) >= 11 is 5.94. The van der Waals surface area contributed by atoms with Crippen molar-refractivity contribution in [3.8, 4) is 11.3 Å². The lowest BCUT2D eigenvalue weighted by molar-refractivity contribution is 0.739. The molecule has 0 aliphatic carbocycles. The molecule has 4 rings (SSSR count). The maximum atomic E-state index is 5.94. The van der Waals surface area contributed by atoms with E-state index in [9.17, 15) is 0 Å². The molecule has 6 heteroatoms. The number of hydrogen-bond donors (Lipinski definition) is 0. The average molecular weight is 282 g/mol. The van der Waals surface area contributed by atoms with Gasteiger partial charge in [-0.1, -0.05) is 48.0 Å². The molecular weight excluding hydrogens is 274 g/mol. The van der Waals surface area contributed by atoms with Gasteiger partial charge in [0.05, 0.1) is 0 Å². The molecule has 0 saturated heterocycles. The number of benzene rings is 2. The molecule has 0 bridgehead atoms. The molecule has 2 heterocycles. The van der Waals surface area contributed by atoms with Gasteiger partial charge in [0.2, 0.25) is 5.65 Å². The molecule has 0 saturated carbocycles. The first-order valence-corrected chi connectivity index (χ1v) is 6.44. The van der Waals surface area contributed by atoms with E-state index in [1.54, 1.807) is 0 Å². The highest BCUT2D eigenvalue weighted by atomic mass is 35.5. The van der Waals surface area contributed by atoms with Crippen LogP contribution in [-0.2, 0) is 0 Å². The quantitative estimate of drug-likeness (QED) is 0.538. The van der Waals surface area contributed by atoms with Gasteiger partial charge < -0.3 is 0 Å². The van der Waals surface area contributed by atoms with Crippen LogP contribution >= 0.6 is 11.6 Å². The van der Waals surface area contributed by atoms with Gasteiger partial charge in [-0.3, -0.25) is 0 Å². The number of rotatable bonds is 1. The number of hydrogen-bond acceptors (Lipinski definition) is 4. The highest BCUT2D eigenvalue weighted by Gasteiger charge is 2.11. The third-order valence-corrected chi connectivity index (χ3v) is 3.44. The van der Waals surface area contributed by atoms with Gasteiger partial charge in [0, 0.05) is 21.4 Å². The first-order chi connectivity index (χ1) is 9.83. The second-order valence-electron chi connectivity index (χ2n) is 4.39. The largest absolute Gasteiger partial charge is 0.207 e. The average Bonchev–Trinajstić information content (AvgIpc) is 2.96. The van der Waals surface area contributed by atoms with Gasteiger partial charge in [0.25, 0.3) is 0 Å². The van der Waals surface area contributed by atoms with E-state index in [4.69, 9.17) is 11.6 Å². The van der Waals surface area contributed by atoms with Crippen molar-refractivity contribution in [3.05, 3.63) is 53.6 Å². The predicted molar refractivity (Wildman–Crippen MR) is 76.5 cm³/mol. The Morgan fingerprint density at radius 3 is 2.45 bits per heavy atom. The molecule has 4 aromatic rings. The van der Waals surface area contributed by atoms with Crippen molar-refractivity contribution in [2.24, 2.45) is 0 Å². The summed E-state index contributed by atoms with van der Waals surface area (Å²) in [7, 11) is 0. The summed E-state index contributed by atoms with van der Waals surface area (Å²) in [5.41, 5.74) is 2.46. The van der Waals surface area contributed by atoms with Crippen LogP contribution in [0.1, 0.15) is 0 Å². The van der Waals surface area contributed by atoms with Crippen LogP contribution in [0, 0.1) is 0 Å². The first-order valence-electron chi connectivity index (χ1n) is 6.06. The van der Waals surface area contributed by atoms with Crippen LogP contribution in [-0.4, -0.2) is 25.3 Å². The molecule has 0 atom stereocenters. The van der Waals surface area contributed by atoms with Crippen LogP contribution in [0.2, 0.25) is 5.02 Å². The van der Waals surface area contributed by atoms with Crippen molar-refractivity contribution in [2.75, 3.05) is 0 Å². The minimum Gasteiger partial charge on any atom is -0.146 e. The second-order valence-corrected chi connectivity index (χ2v) is 4.83. The molecule has 5 nitrogen and oxygen atoms in total. The van der Waals surface area contributed by atoms with E-state index in [2.05, 4.69) is 20.6 Å². The molecule has 20 heavy (non-hydrogen) atoms. The maximum Gasteiger partial charge on any atom is 0.207 e. The van der Waals surface area contributed by atoms with Crippen LogP contribution in [0.3, 0.4) is 0 Å². The van der Waals surface area contributed by atoms with E-state index in [0.717, 1.165) is 22.0 Å². The van der Waals surface area contributed by atoms with Gasteiger partial charge >= 0.3 is 0 Å². The van der Waals surface area contributed by atoms with Crippen LogP contribution in [0.5, 0.6) is 0 Å². The van der Waals surface area contributed by atoms with Crippen LogP contribution in [0.15, 0.2) is 48.5 Å². The Morgan fingerprint density at radius 1 is 0.900 bits per heavy atom. The predicted octanol–water partition coefficient (Wildman–Crippen LogP) is 2.99. The van der Waals surface area contributed by atoms with Gasteiger partial charge in [-0.15, -0.1) is 14.8 Å². The van der Waals surface area contributed by atoms with Crippen molar-refractivity contribution in [1.29, 1.82) is 0 Å². The molecule has 0 amide bonds. The molecule has 0 unspecified atom stereocenters. The summed E-state index contributed by atoms with van der Waals surface area (Å²) in [6, 6.07) is 15.5. The third kappa shape index (κ3) is 1.64. The highest BCUT2D eigenvalue weighted by Crippen LogP contribution is 2.28. The molecular formula is C14H8ClN5. The first kappa shape index (κ1) is 11.3. The van der Waals surface area contributed by atoms with E-state index >= 15 is 0 Å². The Morgan fingerprint density at radius 2 is 1.65 bits per heavy atom. The number of fused-ring (bicyclic) bond motifs is 3. The van der Waals surface area contributed by atoms with E-state index in [1.807, 2.05) is 48.5 Å². The third-order valence-electron chi connectivity index (χ3n) is 3.19. The van der Waals surface area contributed by atoms with Gasteiger partial charge in [-0.25, -0.2) is 0 Å². The standard InChI is InChI=1S/C14H8ClN5/c15-10-7-5-9(6-8-10)13-11-3-1-2-4-12(11)14-16-18-19-20(14)17-13/h1-8H. The zero-order valence-electron chi connectivity index (χ0n) is 10.2. The van der Waals surface area contributed by atoms with Crippen molar-refractivity contribution in [3.63, 3.8) is 0 Å². The van der Waals surface area contributed by atoms with Gasteiger partial charge in [-0.05, 0) is 22.6 Å². The Labute approximate surface area is 118 Å². The molecule has 2 aromatic heterocycles. The summed E-state index contributed by atoms with van der Waals surface area (Å²) in [4.78, 5) is 0. The Balaban J connectivity index is 2.13. The molecule has 96 valence electrons. The lowest BCUT2D eigenvalue weighted by Crippen LogP contribution is -1.98. The molecule has 0 spiro atoms. The fourth-order valence-electron chi connectivity index (χ4n) is 2.27. The summed E-state index contributed by atoms with van der Waals surface area (Å²) in [5, 5.41) is 18.8. The molecule has 0 N–H and O–H groups in total. The van der Waals surface area contributed by atoms with Crippen molar-refractivity contribution >= 4 is 28.0 Å². The Hall–Kier alpha value is -2.53. The molecule has 0 fully saturated rings. The number of tetrazole rings is 1. The topological polar surface area (TPSA) is 56.0 Å². The lowest BCUT2D eigenvalue weighted by atomic mass is 10.1. The zero-order chi connectivity index (χ0) is 13.5. The van der Waals surface area contributed by atoms with Crippen molar-refractivity contribution < 1.29 is 0 Å². The van der Waals surface area contributed by atoms with Gasteiger partial charge in [-0.2, -0.15) is 0 Å². The Kier molecular flexibility index (Phi) is 2.40. The number of halogens is 1. The normalized spacial score (nSPS) is 11.2. The minimum absolute atomic E-state index is 0.651. The smallest absolute Gasteiger partial charge is 0.146 e. The second kappa shape index (κ2) is 4.25. The van der Waals surface area contributed by atoms with Gasteiger partial charge in [0.1, 0.15) is 5.69 Å². The summed E-state index contributed by atoms with van der Waals surface area (Å²) in [5.74, 6) is 0. The Bertz CT molecular complexity index is 914. The number of aromatic nitrogens is 5. The van der Waals surface area contributed by atoms with E-state index in [0.29, 0.717) is 10.7 Å². The van der Waals surface area contributed by atoms with Crippen LogP contribution < -0.4 is 0 Å².